The molecule has 0 aliphatic heterocycles. The number of carbonyl (C=O) groups excluding carboxylic acids is 1. The molecule has 0 saturated carbocycles. The highest BCUT2D eigenvalue weighted by molar-refractivity contribution is 8.00. The quantitative estimate of drug-likeness (QED) is 0.807. The summed E-state index contributed by atoms with van der Waals surface area (Å²) in [4.78, 5) is 13.5. The van der Waals surface area contributed by atoms with E-state index in [0.29, 0.717) is 5.16 Å². The summed E-state index contributed by atoms with van der Waals surface area (Å²) in [5.74, 6) is 0.0375. The summed E-state index contributed by atoms with van der Waals surface area (Å²) in [6, 6.07) is 6.12. The number of tetrazole rings is 1. The van der Waals surface area contributed by atoms with Crippen molar-refractivity contribution in [1.82, 2.24) is 25.1 Å². The molecule has 1 amide bonds. The van der Waals surface area contributed by atoms with Crippen LogP contribution in [0, 0.1) is 13.8 Å². The smallest absolute Gasteiger partial charge is 0.235 e. The van der Waals surface area contributed by atoms with Gasteiger partial charge in [0, 0.05) is 14.1 Å². The number of hydrogen-bond donors (Lipinski definition) is 0. The third-order valence-electron chi connectivity index (χ3n) is 3.10. The number of thioether (sulfide) groups is 1. The lowest BCUT2D eigenvalue weighted by Gasteiger charge is -2.16. The molecule has 0 aliphatic carbocycles. The van der Waals surface area contributed by atoms with Gasteiger partial charge < -0.3 is 4.90 Å². The summed E-state index contributed by atoms with van der Waals surface area (Å²) in [6.45, 7) is 5.90. The Labute approximate surface area is 128 Å². The SMILES string of the molecule is Cc1ccc(C)c(-n2nnnc2S[C@@H](C)C(=O)N(C)C)c1. The molecule has 1 aromatic heterocycles. The molecule has 6 nitrogen and oxygen atoms in total. The van der Waals surface area contributed by atoms with Gasteiger partial charge in [0.2, 0.25) is 11.1 Å². The van der Waals surface area contributed by atoms with E-state index < -0.39 is 0 Å². The molecule has 0 fully saturated rings. The largest absolute Gasteiger partial charge is 0.348 e. The fourth-order valence-electron chi connectivity index (χ4n) is 1.92. The highest BCUT2D eigenvalue weighted by Crippen LogP contribution is 2.25. The van der Waals surface area contributed by atoms with Gasteiger partial charge in [0.1, 0.15) is 0 Å². The van der Waals surface area contributed by atoms with Crippen LogP contribution in [-0.2, 0) is 4.79 Å². The van der Waals surface area contributed by atoms with Gasteiger partial charge in [-0.15, -0.1) is 5.10 Å². The van der Waals surface area contributed by atoms with E-state index >= 15 is 0 Å². The van der Waals surface area contributed by atoms with Crippen molar-refractivity contribution in [3.05, 3.63) is 29.3 Å². The van der Waals surface area contributed by atoms with Gasteiger partial charge in [-0.1, -0.05) is 23.9 Å². The molecule has 0 unspecified atom stereocenters. The zero-order valence-electron chi connectivity index (χ0n) is 12.9. The van der Waals surface area contributed by atoms with E-state index in [1.165, 1.54) is 11.8 Å². The molecule has 0 saturated heterocycles. The van der Waals surface area contributed by atoms with E-state index in [4.69, 9.17) is 0 Å². The predicted molar refractivity (Wildman–Crippen MR) is 82.6 cm³/mol. The second kappa shape index (κ2) is 6.26. The summed E-state index contributed by atoms with van der Waals surface area (Å²) in [7, 11) is 3.49. The molecule has 0 spiro atoms. The topological polar surface area (TPSA) is 63.9 Å². The molecule has 1 atom stereocenters. The minimum Gasteiger partial charge on any atom is -0.348 e. The summed E-state index contributed by atoms with van der Waals surface area (Å²) >= 11 is 1.36. The number of carbonyl (C=O) groups is 1. The summed E-state index contributed by atoms with van der Waals surface area (Å²) < 4.78 is 1.69. The van der Waals surface area contributed by atoms with Gasteiger partial charge in [0.15, 0.2) is 0 Å². The molecular formula is C14H19N5OS. The molecule has 112 valence electrons. The highest BCUT2D eigenvalue weighted by atomic mass is 32.2. The highest BCUT2D eigenvalue weighted by Gasteiger charge is 2.20. The van der Waals surface area contributed by atoms with Gasteiger partial charge in [0.05, 0.1) is 10.9 Å². The maximum absolute atomic E-state index is 12.0. The molecule has 0 radical (unpaired) electrons. The van der Waals surface area contributed by atoms with Crippen molar-refractivity contribution >= 4 is 17.7 Å². The van der Waals surface area contributed by atoms with Crippen molar-refractivity contribution < 1.29 is 4.79 Å². The Hall–Kier alpha value is -1.89. The van der Waals surface area contributed by atoms with Crippen LogP contribution < -0.4 is 0 Å². The van der Waals surface area contributed by atoms with Crippen molar-refractivity contribution in [2.75, 3.05) is 14.1 Å². The van der Waals surface area contributed by atoms with E-state index in [-0.39, 0.29) is 11.2 Å². The first kappa shape index (κ1) is 15.5. The first-order chi connectivity index (χ1) is 9.90. The molecule has 7 heteroatoms. The lowest BCUT2D eigenvalue weighted by atomic mass is 10.1. The summed E-state index contributed by atoms with van der Waals surface area (Å²) in [6.07, 6.45) is 0. The normalized spacial score (nSPS) is 12.2. The Morgan fingerprint density at radius 2 is 2.05 bits per heavy atom. The van der Waals surface area contributed by atoms with Gasteiger partial charge >= 0.3 is 0 Å². The Bertz CT molecular complexity index is 653. The second-order valence-corrected chi connectivity index (χ2v) is 6.46. The number of aromatic nitrogens is 4. The molecule has 2 aromatic rings. The van der Waals surface area contributed by atoms with Crippen molar-refractivity contribution in [3.63, 3.8) is 0 Å². The number of nitrogens with zero attached hydrogens (tertiary/aromatic N) is 5. The zero-order chi connectivity index (χ0) is 15.6. The fraction of sp³-hybridized carbons (Fsp3) is 0.429. The van der Waals surface area contributed by atoms with Crippen LogP contribution in [-0.4, -0.2) is 50.4 Å². The Morgan fingerprint density at radius 1 is 1.33 bits per heavy atom. The first-order valence-electron chi connectivity index (χ1n) is 6.64. The lowest BCUT2D eigenvalue weighted by Crippen LogP contribution is -2.29. The number of rotatable bonds is 4. The van der Waals surface area contributed by atoms with Gasteiger partial charge in [-0.25, -0.2) is 0 Å². The van der Waals surface area contributed by atoms with Crippen molar-refractivity contribution in [3.8, 4) is 5.69 Å². The standard InChI is InChI=1S/C14H19N5OS/c1-9-6-7-10(2)12(8-9)19-14(15-16-17-19)21-11(3)13(20)18(4)5/h6-8,11H,1-5H3/t11-/m0/s1. The van der Waals surface area contributed by atoms with Crippen LogP contribution in [0.2, 0.25) is 0 Å². The lowest BCUT2D eigenvalue weighted by molar-refractivity contribution is -0.127. The Balaban J connectivity index is 2.31. The van der Waals surface area contributed by atoms with E-state index in [1.807, 2.05) is 39.0 Å². The minimum atomic E-state index is -0.241. The van der Waals surface area contributed by atoms with E-state index in [0.717, 1.165) is 16.8 Å². The maximum atomic E-state index is 12.0. The van der Waals surface area contributed by atoms with E-state index in [9.17, 15) is 4.79 Å². The molecule has 0 aliphatic rings. The molecule has 2 rings (SSSR count). The number of benzene rings is 1. The minimum absolute atomic E-state index is 0.0375. The van der Waals surface area contributed by atoms with Crippen LogP contribution in [0.4, 0.5) is 0 Å². The summed E-state index contributed by atoms with van der Waals surface area (Å²) in [5.41, 5.74) is 3.16. The average molecular weight is 305 g/mol. The van der Waals surface area contributed by atoms with Crippen molar-refractivity contribution in [2.24, 2.45) is 0 Å². The number of hydrogen-bond acceptors (Lipinski definition) is 5. The molecule has 1 heterocycles. The van der Waals surface area contributed by atoms with Gasteiger partial charge in [-0.05, 0) is 48.4 Å². The molecule has 0 N–H and O–H groups in total. The Morgan fingerprint density at radius 3 is 2.71 bits per heavy atom. The fourth-order valence-corrected chi connectivity index (χ4v) is 2.87. The third-order valence-corrected chi connectivity index (χ3v) is 4.13. The van der Waals surface area contributed by atoms with Gasteiger partial charge in [-0.2, -0.15) is 4.68 Å². The maximum Gasteiger partial charge on any atom is 0.235 e. The predicted octanol–water partition coefficient (Wildman–Crippen LogP) is 1.85. The van der Waals surface area contributed by atoms with E-state index in [1.54, 1.807) is 23.7 Å². The number of aryl methyl sites for hydroxylation is 2. The van der Waals surface area contributed by atoms with Gasteiger partial charge in [-0.3, -0.25) is 4.79 Å². The van der Waals surface area contributed by atoms with Crippen LogP contribution in [0.5, 0.6) is 0 Å². The van der Waals surface area contributed by atoms with Crippen molar-refractivity contribution in [1.29, 1.82) is 0 Å². The monoisotopic (exact) mass is 305 g/mol. The Kier molecular flexibility index (Phi) is 4.62. The van der Waals surface area contributed by atoms with Crippen LogP contribution in [0.3, 0.4) is 0 Å². The molecular weight excluding hydrogens is 286 g/mol. The van der Waals surface area contributed by atoms with Crippen LogP contribution >= 0.6 is 11.8 Å². The first-order valence-corrected chi connectivity index (χ1v) is 7.52. The van der Waals surface area contributed by atoms with Gasteiger partial charge in [0.25, 0.3) is 0 Å². The average Bonchev–Trinajstić information content (AvgIpc) is 2.88. The molecule has 21 heavy (non-hydrogen) atoms. The number of amides is 1. The molecule has 1 aromatic carbocycles. The summed E-state index contributed by atoms with van der Waals surface area (Å²) in [5, 5.41) is 12.2. The zero-order valence-corrected chi connectivity index (χ0v) is 13.7. The van der Waals surface area contributed by atoms with Crippen molar-refractivity contribution in [2.45, 2.75) is 31.2 Å². The second-order valence-electron chi connectivity index (χ2n) is 5.16. The third kappa shape index (κ3) is 3.41. The molecule has 0 bridgehead atoms. The van der Waals surface area contributed by atoms with Crippen LogP contribution in [0.15, 0.2) is 23.4 Å². The van der Waals surface area contributed by atoms with E-state index in [2.05, 4.69) is 15.5 Å². The van der Waals surface area contributed by atoms with Crippen LogP contribution in [0.25, 0.3) is 5.69 Å². The van der Waals surface area contributed by atoms with Crippen LogP contribution in [0.1, 0.15) is 18.1 Å².